The summed E-state index contributed by atoms with van der Waals surface area (Å²) in [6.07, 6.45) is 0. The molecule has 0 aliphatic heterocycles. The summed E-state index contributed by atoms with van der Waals surface area (Å²) in [7, 11) is 0. The van der Waals surface area contributed by atoms with Gasteiger partial charge in [0, 0.05) is 9.35 Å². The highest BCUT2D eigenvalue weighted by Crippen LogP contribution is 2.26. The monoisotopic (exact) mass is 414 g/mol. The van der Waals surface area contributed by atoms with Gasteiger partial charge in [-0.3, -0.25) is 10.1 Å². The molecule has 1 atom stereocenters. The number of benzene rings is 2. The number of anilines is 1. The summed E-state index contributed by atoms with van der Waals surface area (Å²) in [5.74, 6) is -0.0676. The molecule has 1 heterocycles. The Labute approximate surface area is 160 Å². The van der Waals surface area contributed by atoms with Crippen molar-refractivity contribution in [2.45, 2.75) is 13.0 Å². The van der Waals surface area contributed by atoms with Crippen LogP contribution < -0.4 is 10.6 Å². The van der Waals surface area contributed by atoms with Crippen molar-refractivity contribution >= 4 is 38.9 Å². The average molecular weight is 415 g/mol. The molecule has 128 valence electrons. The fraction of sp³-hybridized carbons (Fsp3) is 0.150. The van der Waals surface area contributed by atoms with Crippen molar-refractivity contribution in [3.63, 3.8) is 0 Å². The third kappa shape index (κ3) is 4.78. The lowest BCUT2D eigenvalue weighted by molar-refractivity contribution is -0.115. The van der Waals surface area contributed by atoms with E-state index < -0.39 is 0 Å². The maximum atomic E-state index is 12.4. The van der Waals surface area contributed by atoms with Crippen LogP contribution >= 0.6 is 27.3 Å². The Morgan fingerprint density at radius 3 is 2.60 bits per heavy atom. The van der Waals surface area contributed by atoms with Gasteiger partial charge in [0.25, 0.3) is 0 Å². The van der Waals surface area contributed by atoms with Crippen LogP contribution in [0.4, 0.5) is 5.69 Å². The van der Waals surface area contributed by atoms with Crippen LogP contribution in [0.1, 0.15) is 22.0 Å². The molecule has 2 aromatic carbocycles. The van der Waals surface area contributed by atoms with Gasteiger partial charge < -0.3 is 5.32 Å². The highest BCUT2D eigenvalue weighted by molar-refractivity contribution is 9.10. The molecule has 0 radical (unpaired) electrons. The van der Waals surface area contributed by atoms with Crippen LogP contribution in [-0.2, 0) is 4.79 Å². The van der Waals surface area contributed by atoms with Gasteiger partial charge in [0.2, 0.25) is 5.91 Å². The van der Waals surface area contributed by atoms with Gasteiger partial charge >= 0.3 is 0 Å². The van der Waals surface area contributed by atoms with Crippen LogP contribution in [0.3, 0.4) is 0 Å². The second-order valence-electron chi connectivity index (χ2n) is 5.77. The second kappa shape index (κ2) is 8.43. The second-order valence-corrected chi connectivity index (χ2v) is 7.61. The molecule has 0 fully saturated rings. The number of thiophene rings is 1. The summed E-state index contributed by atoms with van der Waals surface area (Å²) < 4.78 is 0.888. The molecule has 1 amide bonds. The summed E-state index contributed by atoms with van der Waals surface area (Å²) in [6.45, 7) is 2.25. The molecule has 5 heteroatoms. The van der Waals surface area contributed by atoms with Crippen LogP contribution in [0, 0.1) is 6.92 Å². The quantitative estimate of drug-likeness (QED) is 0.586. The SMILES string of the molecule is Cc1ccc(NC(=O)CN[C@H](c2ccccc2)c2cccs2)c(Br)c1. The molecule has 0 bridgehead atoms. The zero-order chi connectivity index (χ0) is 17.6. The van der Waals surface area contributed by atoms with Gasteiger partial charge in [-0.25, -0.2) is 0 Å². The predicted molar refractivity (Wildman–Crippen MR) is 108 cm³/mol. The van der Waals surface area contributed by atoms with Crippen LogP contribution in [0.5, 0.6) is 0 Å². The Balaban J connectivity index is 1.68. The van der Waals surface area contributed by atoms with Gasteiger partial charge in [-0.1, -0.05) is 42.5 Å². The molecule has 0 unspecified atom stereocenters. The van der Waals surface area contributed by atoms with Gasteiger partial charge in [-0.2, -0.15) is 0 Å². The Bertz CT molecular complexity index is 834. The molecule has 25 heavy (non-hydrogen) atoms. The number of carbonyl (C=O) groups is 1. The van der Waals surface area contributed by atoms with E-state index in [1.165, 1.54) is 4.88 Å². The number of nitrogens with one attached hydrogen (secondary N) is 2. The summed E-state index contributed by atoms with van der Waals surface area (Å²) in [6, 6.07) is 20.2. The molecular weight excluding hydrogens is 396 g/mol. The van der Waals surface area contributed by atoms with Crippen molar-refractivity contribution in [3.05, 3.63) is 86.5 Å². The highest BCUT2D eigenvalue weighted by atomic mass is 79.9. The Morgan fingerprint density at radius 2 is 1.92 bits per heavy atom. The molecule has 1 aromatic heterocycles. The lowest BCUT2D eigenvalue weighted by atomic mass is 10.1. The number of hydrogen-bond donors (Lipinski definition) is 2. The first kappa shape index (κ1) is 17.9. The summed E-state index contributed by atoms with van der Waals surface area (Å²) in [4.78, 5) is 13.6. The zero-order valence-electron chi connectivity index (χ0n) is 13.8. The molecule has 0 aliphatic rings. The molecule has 0 saturated heterocycles. The lowest BCUT2D eigenvalue weighted by Gasteiger charge is -2.18. The molecule has 3 nitrogen and oxygen atoms in total. The van der Waals surface area contributed by atoms with Gasteiger partial charge in [-0.05, 0) is 57.6 Å². The number of rotatable bonds is 6. The van der Waals surface area contributed by atoms with E-state index in [1.807, 2.05) is 49.4 Å². The number of halogens is 1. The smallest absolute Gasteiger partial charge is 0.238 e. The van der Waals surface area contributed by atoms with E-state index in [1.54, 1.807) is 11.3 Å². The molecule has 3 rings (SSSR count). The Kier molecular flexibility index (Phi) is 6.02. The van der Waals surface area contributed by atoms with E-state index in [2.05, 4.69) is 50.1 Å². The van der Waals surface area contributed by atoms with Crippen LogP contribution in [0.2, 0.25) is 0 Å². The van der Waals surface area contributed by atoms with E-state index in [0.717, 1.165) is 21.3 Å². The number of aryl methyl sites for hydroxylation is 1. The summed E-state index contributed by atoms with van der Waals surface area (Å²) in [5.41, 5.74) is 3.07. The molecule has 0 saturated carbocycles. The predicted octanol–water partition coefficient (Wildman–Crippen LogP) is 5.14. The maximum absolute atomic E-state index is 12.4. The van der Waals surface area contributed by atoms with E-state index in [0.29, 0.717) is 0 Å². The lowest BCUT2D eigenvalue weighted by Crippen LogP contribution is -2.31. The largest absolute Gasteiger partial charge is 0.324 e. The minimum absolute atomic E-state index is 0.00779. The van der Waals surface area contributed by atoms with Gasteiger partial charge in [0.1, 0.15) is 0 Å². The Hall–Kier alpha value is -1.95. The third-order valence-electron chi connectivity index (χ3n) is 3.83. The van der Waals surface area contributed by atoms with Crippen LogP contribution in [0.25, 0.3) is 0 Å². The van der Waals surface area contributed by atoms with Crippen molar-refractivity contribution in [1.82, 2.24) is 5.32 Å². The van der Waals surface area contributed by atoms with E-state index >= 15 is 0 Å². The van der Waals surface area contributed by atoms with Gasteiger partial charge in [-0.15, -0.1) is 11.3 Å². The molecular formula is C20H19BrN2OS. The highest BCUT2D eigenvalue weighted by Gasteiger charge is 2.16. The van der Waals surface area contributed by atoms with Gasteiger partial charge in [0.15, 0.2) is 0 Å². The zero-order valence-corrected chi connectivity index (χ0v) is 16.2. The number of hydrogen-bond acceptors (Lipinski definition) is 3. The molecule has 0 spiro atoms. The van der Waals surface area contributed by atoms with E-state index in [9.17, 15) is 4.79 Å². The fourth-order valence-electron chi connectivity index (χ4n) is 2.59. The van der Waals surface area contributed by atoms with Crippen molar-refractivity contribution in [2.75, 3.05) is 11.9 Å². The molecule has 3 aromatic rings. The van der Waals surface area contributed by atoms with E-state index in [4.69, 9.17) is 0 Å². The minimum atomic E-state index is -0.0676. The first-order valence-electron chi connectivity index (χ1n) is 8.01. The third-order valence-corrected chi connectivity index (χ3v) is 5.42. The first-order valence-corrected chi connectivity index (χ1v) is 9.68. The molecule has 2 N–H and O–H groups in total. The first-order chi connectivity index (χ1) is 12.1. The topological polar surface area (TPSA) is 41.1 Å². The summed E-state index contributed by atoms with van der Waals surface area (Å²) in [5, 5.41) is 8.37. The van der Waals surface area contributed by atoms with Crippen molar-refractivity contribution in [1.29, 1.82) is 0 Å². The van der Waals surface area contributed by atoms with Crippen LogP contribution in [0.15, 0.2) is 70.5 Å². The maximum Gasteiger partial charge on any atom is 0.238 e. The Morgan fingerprint density at radius 1 is 1.12 bits per heavy atom. The molecule has 0 aliphatic carbocycles. The number of carbonyl (C=O) groups excluding carboxylic acids is 1. The van der Waals surface area contributed by atoms with Crippen LogP contribution in [-0.4, -0.2) is 12.5 Å². The standard InChI is InChI=1S/C20H19BrN2OS/c1-14-9-10-17(16(21)12-14)23-19(24)13-22-20(18-8-5-11-25-18)15-6-3-2-4-7-15/h2-12,20,22H,13H2,1H3,(H,23,24)/t20-/m1/s1. The summed E-state index contributed by atoms with van der Waals surface area (Å²) >= 11 is 5.17. The van der Waals surface area contributed by atoms with Crippen molar-refractivity contribution in [3.8, 4) is 0 Å². The normalized spacial score (nSPS) is 11.9. The van der Waals surface area contributed by atoms with E-state index in [-0.39, 0.29) is 18.5 Å². The van der Waals surface area contributed by atoms with Gasteiger partial charge in [0.05, 0.1) is 18.3 Å². The number of amides is 1. The average Bonchev–Trinajstić information content (AvgIpc) is 3.13. The van der Waals surface area contributed by atoms with Crippen molar-refractivity contribution in [2.24, 2.45) is 0 Å². The minimum Gasteiger partial charge on any atom is -0.324 e. The fourth-order valence-corrected chi connectivity index (χ4v) is 4.01. The van der Waals surface area contributed by atoms with Crippen molar-refractivity contribution < 1.29 is 4.79 Å².